The molecule has 0 aliphatic heterocycles. The maximum Gasteiger partial charge on any atom is 0.349 e. The molecular weight excluding hydrogens is 324 g/mol. The van der Waals surface area contributed by atoms with Crippen LogP contribution < -0.4 is 15.8 Å². The number of carbonyl (C=O) groups excluding carboxylic acids is 2. The lowest BCUT2D eigenvalue weighted by Gasteiger charge is -2.21. The Labute approximate surface area is 145 Å². The van der Waals surface area contributed by atoms with Crippen LogP contribution in [0.3, 0.4) is 0 Å². The number of benzene rings is 1. The van der Waals surface area contributed by atoms with E-state index in [1.165, 1.54) is 13.0 Å². The lowest BCUT2D eigenvalue weighted by atomic mass is 10.1. The number of ether oxygens (including phenoxy) is 1. The molecule has 1 amide bonds. The highest BCUT2D eigenvalue weighted by molar-refractivity contribution is 5.97. The number of carbonyl (C=O) groups is 2. The molecule has 0 aliphatic rings. The molecule has 7 nitrogen and oxygen atoms in total. The van der Waals surface area contributed by atoms with Crippen molar-refractivity contribution in [1.29, 1.82) is 0 Å². The van der Waals surface area contributed by atoms with Crippen molar-refractivity contribution in [2.24, 2.45) is 0 Å². The van der Waals surface area contributed by atoms with Crippen LogP contribution in [0.4, 0.5) is 5.69 Å². The van der Waals surface area contributed by atoms with Gasteiger partial charge in [-0.2, -0.15) is 0 Å². The fraction of sp³-hybridized carbons (Fsp3) is 0.389. The molecule has 0 saturated carbocycles. The van der Waals surface area contributed by atoms with Crippen LogP contribution in [0, 0.1) is 0 Å². The molecule has 0 unspecified atom stereocenters. The zero-order valence-corrected chi connectivity index (χ0v) is 14.6. The van der Waals surface area contributed by atoms with E-state index >= 15 is 0 Å². The largest absolute Gasteiger partial charge is 0.464 e. The van der Waals surface area contributed by atoms with Crippen LogP contribution in [0.15, 0.2) is 33.5 Å². The third kappa shape index (κ3) is 4.59. The Kier molecular flexibility index (Phi) is 6.16. The van der Waals surface area contributed by atoms with Gasteiger partial charge in [0.2, 0.25) is 0 Å². The minimum absolute atomic E-state index is 0.0488. The number of hydrogen-bond donors (Lipinski definition) is 1. The maximum atomic E-state index is 12.1. The van der Waals surface area contributed by atoms with Crippen LogP contribution >= 0.6 is 0 Å². The normalized spacial score (nSPS) is 10.5. The van der Waals surface area contributed by atoms with Crippen molar-refractivity contribution in [3.05, 3.63) is 40.2 Å². The molecule has 1 aromatic carbocycles. The second-order valence-corrected chi connectivity index (χ2v) is 5.44. The van der Waals surface area contributed by atoms with E-state index in [4.69, 9.17) is 9.15 Å². The van der Waals surface area contributed by atoms with Crippen LogP contribution in [-0.2, 0) is 9.53 Å². The summed E-state index contributed by atoms with van der Waals surface area (Å²) in [6.45, 7) is 7.24. The van der Waals surface area contributed by atoms with Gasteiger partial charge in [0.1, 0.15) is 17.8 Å². The number of rotatable bonds is 7. The van der Waals surface area contributed by atoms with Gasteiger partial charge >= 0.3 is 11.6 Å². The number of nitrogens with one attached hydrogen (secondary N) is 1. The van der Waals surface area contributed by atoms with Gasteiger partial charge in [0.05, 0.1) is 6.54 Å². The Morgan fingerprint density at radius 3 is 2.56 bits per heavy atom. The molecule has 2 rings (SSSR count). The van der Waals surface area contributed by atoms with Gasteiger partial charge in [0.15, 0.2) is 0 Å². The van der Waals surface area contributed by atoms with Crippen LogP contribution in [0.25, 0.3) is 11.0 Å². The third-order valence-corrected chi connectivity index (χ3v) is 3.79. The number of nitrogens with zero attached hydrogens (tertiary/aromatic N) is 1. The molecule has 7 heteroatoms. The quantitative estimate of drug-likeness (QED) is 0.468. The fourth-order valence-electron chi connectivity index (χ4n) is 2.50. The van der Waals surface area contributed by atoms with E-state index in [0.717, 1.165) is 18.8 Å². The maximum absolute atomic E-state index is 12.1. The summed E-state index contributed by atoms with van der Waals surface area (Å²) in [7, 11) is 0. The van der Waals surface area contributed by atoms with E-state index in [1.54, 1.807) is 6.07 Å². The standard InChI is InChI=1S/C18H22N2O5/c1-4-20(5-2)14-7-6-13-10-15(18(23)25-16(13)11-14)17(22)19-8-9-24-12(3)21/h6-7,10-11H,4-5,8-9H2,1-3H3,(H,19,22). The average Bonchev–Trinajstić information content (AvgIpc) is 2.58. The van der Waals surface area contributed by atoms with Crippen molar-refractivity contribution in [2.75, 3.05) is 31.1 Å². The SMILES string of the molecule is CCN(CC)c1ccc2cc(C(=O)NCCOC(C)=O)c(=O)oc2c1. The van der Waals surface area contributed by atoms with E-state index in [0.29, 0.717) is 11.0 Å². The van der Waals surface area contributed by atoms with E-state index in [-0.39, 0.29) is 18.7 Å². The average molecular weight is 346 g/mol. The Bertz CT molecular complexity index is 824. The summed E-state index contributed by atoms with van der Waals surface area (Å²) in [6, 6.07) is 7.06. The van der Waals surface area contributed by atoms with Crippen LogP contribution in [0.1, 0.15) is 31.1 Å². The summed E-state index contributed by atoms with van der Waals surface area (Å²) in [5.41, 5.74) is 0.616. The zero-order valence-electron chi connectivity index (χ0n) is 14.6. The van der Waals surface area contributed by atoms with Gasteiger partial charge in [0.25, 0.3) is 5.91 Å². The van der Waals surface area contributed by atoms with E-state index < -0.39 is 17.5 Å². The molecule has 0 atom stereocenters. The van der Waals surface area contributed by atoms with Gasteiger partial charge in [-0.1, -0.05) is 0 Å². The first-order valence-corrected chi connectivity index (χ1v) is 8.20. The van der Waals surface area contributed by atoms with Crippen molar-refractivity contribution in [2.45, 2.75) is 20.8 Å². The molecule has 25 heavy (non-hydrogen) atoms. The number of esters is 1. The monoisotopic (exact) mass is 346 g/mol. The third-order valence-electron chi connectivity index (χ3n) is 3.79. The Morgan fingerprint density at radius 1 is 1.20 bits per heavy atom. The zero-order chi connectivity index (χ0) is 18.4. The van der Waals surface area contributed by atoms with Gasteiger partial charge in [-0.25, -0.2) is 4.79 Å². The van der Waals surface area contributed by atoms with Crippen LogP contribution in [-0.4, -0.2) is 38.1 Å². The smallest absolute Gasteiger partial charge is 0.349 e. The summed E-state index contributed by atoms with van der Waals surface area (Å²) in [6.07, 6.45) is 0. The molecule has 1 aromatic heterocycles. The lowest BCUT2D eigenvalue weighted by Crippen LogP contribution is -2.31. The molecule has 0 fully saturated rings. The minimum atomic E-state index is -0.700. The Hall–Kier alpha value is -2.83. The van der Waals surface area contributed by atoms with Gasteiger partial charge in [-0.15, -0.1) is 0 Å². The van der Waals surface area contributed by atoms with Crippen molar-refractivity contribution in [1.82, 2.24) is 5.32 Å². The van der Waals surface area contributed by atoms with E-state index in [1.807, 2.05) is 26.0 Å². The van der Waals surface area contributed by atoms with Gasteiger partial charge in [-0.3, -0.25) is 9.59 Å². The molecule has 134 valence electrons. The summed E-state index contributed by atoms with van der Waals surface area (Å²) >= 11 is 0. The number of fused-ring (bicyclic) bond motifs is 1. The molecule has 1 N–H and O–H groups in total. The van der Waals surface area contributed by atoms with Gasteiger partial charge in [-0.05, 0) is 32.0 Å². The highest BCUT2D eigenvalue weighted by Crippen LogP contribution is 2.21. The molecule has 0 saturated heterocycles. The van der Waals surface area contributed by atoms with Gasteiger partial charge < -0.3 is 19.4 Å². The molecular formula is C18H22N2O5. The van der Waals surface area contributed by atoms with E-state index in [2.05, 4.69) is 10.2 Å². The second-order valence-electron chi connectivity index (χ2n) is 5.44. The first kappa shape index (κ1) is 18.5. The molecule has 0 aliphatic carbocycles. The number of hydrogen-bond acceptors (Lipinski definition) is 6. The molecule has 2 aromatic rings. The Balaban J connectivity index is 2.21. The van der Waals surface area contributed by atoms with Crippen LogP contribution in [0.5, 0.6) is 0 Å². The van der Waals surface area contributed by atoms with Gasteiger partial charge in [0, 0.05) is 37.2 Å². The Morgan fingerprint density at radius 2 is 1.92 bits per heavy atom. The molecule has 0 radical (unpaired) electrons. The summed E-state index contributed by atoms with van der Waals surface area (Å²) in [4.78, 5) is 37.0. The highest BCUT2D eigenvalue weighted by Gasteiger charge is 2.14. The highest BCUT2D eigenvalue weighted by atomic mass is 16.5. The van der Waals surface area contributed by atoms with Crippen molar-refractivity contribution in [3.63, 3.8) is 0 Å². The first-order valence-electron chi connectivity index (χ1n) is 8.20. The lowest BCUT2D eigenvalue weighted by molar-refractivity contribution is -0.140. The van der Waals surface area contributed by atoms with Crippen molar-refractivity contribution in [3.8, 4) is 0 Å². The fourth-order valence-corrected chi connectivity index (χ4v) is 2.50. The predicted molar refractivity (Wildman–Crippen MR) is 95.0 cm³/mol. The van der Waals surface area contributed by atoms with Crippen molar-refractivity contribution >= 4 is 28.5 Å². The minimum Gasteiger partial charge on any atom is -0.464 e. The number of anilines is 1. The summed E-state index contributed by atoms with van der Waals surface area (Å²) < 4.78 is 10.0. The van der Waals surface area contributed by atoms with E-state index in [9.17, 15) is 14.4 Å². The summed E-state index contributed by atoms with van der Waals surface area (Å²) in [5, 5.41) is 3.19. The molecule has 1 heterocycles. The molecule has 0 spiro atoms. The second kappa shape index (κ2) is 8.32. The van der Waals surface area contributed by atoms with Crippen LogP contribution in [0.2, 0.25) is 0 Å². The first-order chi connectivity index (χ1) is 12.0. The topological polar surface area (TPSA) is 88.9 Å². The molecule has 0 bridgehead atoms. The predicted octanol–water partition coefficient (Wildman–Crippen LogP) is 1.93. The summed E-state index contributed by atoms with van der Waals surface area (Å²) in [5.74, 6) is -0.987. The number of amides is 1. The van der Waals surface area contributed by atoms with Crippen molar-refractivity contribution < 1.29 is 18.7 Å².